The molecule has 0 bridgehead atoms. The van der Waals surface area contributed by atoms with Crippen molar-refractivity contribution in [3.63, 3.8) is 0 Å². The third kappa shape index (κ3) is 4.82. The van der Waals surface area contributed by atoms with Crippen LogP contribution in [0.4, 0.5) is 11.6 Å². The van der Waals surface area contributed by atoms with Crippen LogP contribution in [0.3, 0.4) is 0 Å². The molecule has 1 fully saturated rings. The Morgan fingerprint density at radius 1 is 1.17 bits per heavy atom. The van der Waals surface area contributed by atoms with Gasteiger partial charge in [0.25, 0.3) is 0 Å². The van der Waals surface area contributed by atoms with E-state index >= 15 is 0 Å². The summed E-state index contributed by atoms with van der Waals surface area (Å²) in [7, 11) is 0. The van der Waals surface area contributed by atoms with Crippen molar-refractivity contribution in [2.24, 2.45) is 0 Å². The van der Waals surface area contributed by atoms with Crippen LogP contribution in [0, 0.1) is 6.92 Å². The summed E-state index contributed by atoms with van der Waals surface area (Å²) in [6, 6.07) is 11.4. The number of anilines is 2. The van der Waals surface area contributed by atoms with E-state index in [1.54, 1.807) is 30.7 Å². The average molecular weight is 386 g/mol. The van der Waals surface area contributed by atoms with E-state index in [0.717, 1.165) is 23.5 Å². The summed E-state index contributed by atoms with van der Waals surface area (Å²) in [6.45, 7) is 3.24. The summed E-state index contributed by atoms with van der Waals surface area (Å²) >= 11 is 0. The van der Waals surface area contributed by atoms with Crippen LogP contribution in [0.1, 0.15) is 29.4 Å². The first-order chi connectivity index (χ1) is 14.2. The van der Waals surface area contributed by atoms with E-state index < -0.39 is 0 Å². The van der Waals surface area contributed by atoms with Gasteiger partial charge in [0.05, 0.1) is 5.69 Å². The van der Waals surface area contributed by atoms with Crippen LogP contribution in [-0.2, 0) is 4.79 Å². The number of likely N-dealkylation sites (tertiary alicyclic amines) is 1. The smallest absolute Gasteiger partial charge is 0.246 e. The van der Waals surface area contributed by atoms with Crippen molar-refractivity contribution in [1.82, 2.24) is 24.8 Å². The van der Waals surface area contributed by atoms with Gasteiger partial charge < -0.3 is 10.2 Å². The maximum Gasteiger partial charge on any atom is 0.246 e. The molecule has 7 nitrogen and oxygen atoms in total. The van der Waals surface area contributed by atoms with E-state index in [2.05, 4.69) is 25.3 Å². The first-order valence-electron chi connectivity index (χ1n) is 9.58. The zero-order valence-electron chi connectivity index (χ0n) is 16.2. The third-order valence-electron chi connectivity index (χ3n) is 4.80. The Kier molecular flexibility index (Phi) is 5.56. The van der Waals surface area contributed by atoms with Crippen LogP contribution in [0.5, 0.6) is 0 Å². The predicted molar refractivity (Wildman–Crippen MR) is 111 cm³/mol. The molecule has 1 aliphatic rings. The molecule has 3 aromatic heterocycles. The van der Waals surface area contributed by atoms with Gasteiger partial charge in [0.15, 0.2) is 0 Å². The standard InChI is InChI=1S/C22H22N6O/c1-16-25-19(13-21(26-16)27-20-6-2-3-11-24-20)18-9-12-28(15-18)22(29)8-7-17-5-4-10-23-14-17/h2-8,10-11,13-14,18H,9,12,15H2,1H3,(H,24,25,26,27)/b8-7+/t18-/m1/s1. The van der Waals surface area contributed by atoms with Crippen molar-refractivity contribution in [3.8, 4) is 0 Å². The van der Waals surface area contributed by atoms with E-state index in [4.69, 9.17) is 0 Å². The highest BCUT2D eigenvalue weighted by molar-refractivity contribution is 5.92. The quantitative estimate of drug-likeness (QED) is 0.677. The van der Waals surface area contributed by atoms with Gasteiger partial charge in [0.1, 0.15) is 17.5 Å². The summed E-state index contributed by atoms with van der Waals surface area (Å²) in [5, 5.41) is 3.22. The Morgan fingerprint density at radius 2 is 2.10 bits per heavy atom. The predicted octanol–water partition coefficient (Wildman–Crippen LogP) is 3.35. The lowest BCUT2D eigenvalue weighted by atomic mass is 10.0. The zero-order valence-corrected chi connectivity index (χ0v) is 16.2. The van der Waals surface area contributed by atoms with Crippen LogP contribution >= 0.6 is 0 Å². The van der Waals surface area contributed by atoms with Crippen molar-refractivity contribution < 1.29 is 4.79 Å². The Balaban J connectivity index is 1.43. The van der Waals surface area contributed by atoms with Gasteiger partial charge in [-0.15, -0.1) is 0 Å². The number of carbonyl (C=O) groups excluding carboxylic acids is 1. The minimum absolute atomic E-state index is 0.00830. The molecule has 1 aliphatic heterocycles. The van der Waals surface area contributed by atoms with Crippen molar-refractivity contribution in [1.29, 1.82) is 0 Å². The van der Waals surface area contributed by atoms with Gasteiger partial charge in [0, 0.05) is 49.7 Å². The van der Waals surface area contributed by atoms with Gasteiger partial charge in [-0.25, -0.2) is 15.0 Å². The first-order valence-corrected chi connectivity index (χ1v) is 9.58. The molecule has 0 spiro atoms. The number of aromatic nitrogens is 4. The van der Waals surface area contributed by atoms with Gasteiger partial charge in [-0.2, -0.15) is 0 Å². The van der Waals surface area contributed by atoms with E-state index in [0.29, 0.717) is 24.7 Å². The monoisotopic (exact) mass is 386 g/mol. The maximum atomic E-state index is 12.5. The summed E-state index contributed by atoms with van der Waals surface area (Å²) in [5.41, 5.74) is 1.86. The zero-order chi connectivity index (χ0) is 20.1. The molecular formula is C22H22N6O. The molecule has 0 aliphatic carbocycles. The molecule has 4 rings (SSSR count). The van der Waals surface area contributed by atoms with E-state index in [1.807, 2.05) is 48.2 Å². The summed E-state index contributed by atoms with van der Waals surface area (Å²) in [4.78, 5) is 31.8. The third-order valence-corrected chi connectivity index (χ3v) is 4.80. The van der Waals surface area contributed by atoms with Crippen molar-refractivity contribution in [2.75, 3.05) is 18.4 Å². The second-order valence-corrected chi connectivity index (χ2v) is 6.95. The van der Waals surface area contributed by atoms with Gasteiger partial charge in [-0.1, -0.05) is 12.1 Å². The molecule has 1 N–H and O–H groups in total. The Bertz CT molecular complexity index is 1010. The fourth-order valence-corrected chi connectivity index (χ4v) is 3.38. The lowest BCUT2D eigenvalue weighted by Gasteiger charge is -2.15. The molecule has 3 aromatic rings. The number of hydrogen-bond donors (Lipinski definition) is 1. The van der Waals surface area contributed by atoms with E-state index in [9.17, 15) is 4.79 Å². The lowest BCUT2D eigenvalue weighted by Crippen LogP contribution is -2.26. The number of nitrogens with one attached hydrogen (secondary N) is 1. The highest BCUT2D eigenvalue weighted by Crippen LogP contribution is 2.28. The molecule has 1 saturated heterocycles. The Hall–Kier alpha value is -3.61. The molecule has 1 amide bonds. The molecule has 7 heteroatoms. The summed E-state index contributed by atoms with van der Waals surface area (Å²) < 4.78 is 0. The fourth-order valence-electron chi connectivity index (χ4n) is 3.38. The summed E-state index contributed by atoms with van der Waals surface area (Å²) in [6.07, 6.45) is 9.47. The molecule has 0 unspecified atom stereocenters. The minimum atomic E-state index is 0.00830. The molecule has 0 radical (unpaired) electrons. The fraction of sp³-hybridized carbons (Fsp3) is 0.227. The van der Waals surface area contributed by atoms with Gasteiger partial charge in [0.2, 0.25) is 5.91 Å². The summed E-state index contributed by atoms with van der Waals surface area (Å²) in [5.74, 6) is 2.35. The second-order valence-electron chi connectivity index (χ2n) is 6.95. The average Bonchev–Trinajstić information content (AvgIpc) is 3.24. The number of hydrogen-bond acceptors (Lipinski definition) is 6. The van der Waals surface area contributed by atoms with Crippen LogP contribution in [0.25, 0.3) is 6.08 Å². The van der Waals surface area contributed by atoms with Crippen LogP contribution in [0.15, 0.2) is 61.1 Å². The number of carbonyl (C=O) groups is 1. The normalized spacial score (nSPS) is 16.3. The van der Waals surface area contributed by atoms with Crippen molar-refractivity contribution in [2.45, 2.75) is 19.3 Å². The molecule has 29 heavy (non-hydrogen) atoms. The molecule has 0 saturated carbocycles. The Morgan fingerprint density at radius 3 is 2.90 bits per heavy atom. The van der Waals surface area contributed by atoms with E-state index in [1.165, 1.54) is 0 Å². The lowest BCUT2D eigenvalue weighted by molar-refractivity contribution is -0.124. The first kappa shape index (κ1) is 18.7. The number of amides is 1. The van der Waals surface area contributed by atoms with Gasteiger partial charge >= 0.3 is 0 Å². The largest absolute Gasteiger partial charge is 0.338 e. The molecule has 1 atom stereocenters. The topological polar surface area (TPSA) is 83.9 Å². The number of aryl methyl sites for hydroxylation is 1. The van der Waals surface area contributed by atoms with Crippen LogP contribution in [-0.4, -0.2) is 43.8 Å². The molecular weight excluding hydrogens is 364 g/mol. The minimum Gasteiger partial charge on any atom is -0.338 e. The highest BCUT2D eigenvalue weighted by atomic mass is 16.2. The van der Waals surface area contributed by atoms with Crippen molar-refractivity contribution in [3.05, 3.63) is 78.1 Å². The maximum absolute atomic E-state index is 12.5. The molecule has 4 heterocycles. The van der Waals surface area contributed by atoms with Gasteiger partial charge in [-0.3, -0.25) is 9.78 Å². The SMILES string of the molecule is Cc1nc(Nc2ccccn2)cc([C@@H]2CCN(C(=O)/C=C/c3cccnc3)C2)n1. The highest BCUT2D eigenvalue weighted by Gasteiger charge is 2.27. The second kappa shape index (κ2) is 8.60. The number of nitrogens with zero attached hydrogens (tertiary/aromatic N) is 5. The Labute approximate surface area is 169 Å². The molecule has 146 valence electrons. The van der Waals surface area contributed by atoms with E-state index in [-0.39, 0.29) is 11.8 Å². The number of pyridine rings is 2. The van der Waals surface area contributed by atoms with Crippen LogP contribution < -0.4 is 5.32 Å². The number of rotatable bonds is 5. The molecule has 0 aromatic carbocycles. The van der Waals surface area contributed by atoms with Crippen molar-refractivity contribution >= 4 is 23.6 Å². The van der Waals surface area contributed by atoms with Crippen LogP contribution in [0.2, 0.25) is 0 Å². The van der Waals surface area contributed by atoms with Gasteiger partial charge in [-0.05, 0) is 43.2 Å².